The number of aryl methyl sites for hydroxylation is 1. The Morgan fingerprint density at radius 2 is 2.03 bits per heavy atom. The maximum absolute atomic E-state index is 12.7. The average Bonchev–Trinajstić information content (AvgIpc) is 3.20. The molecule has 1 atom stereocenters. The number of aromatic nitrogens is 1. The number of hydrogen-bond donors (Lipinski definition) is 0. The molecule has 0 bridgehead atoms. The number of rotatable bonds is 6. The third kappa shape index (κ3) is 4.16. The maximum atomic E-state index is 12.7. The van der Waals surface area contributed by atoms with Gasteiger partial charge in [-0.3, -0.25) is 4.79 Å². The number of ether oxygens (including phenoxy) is 1. The van der Waals surface area contributed by atoms with Gasteiger partial charge in [-0.05, 0) is 62.9 Å². The summed E-state index contributed by atoms with van der Waals surface area (Å²) in [5.41, 5.74) is 4.71. The van der Waals surface area contributed by atoms with Crippen molar-refractivity contribution >= 4 is 23.6 Å². The molecule has 1 aliphatic rings. The molecule has 156 valence electrons. The lowest BCUT2D eigenvalue weighted by Crippen LogP contribution is -2.38. The topological polar surface area (TPSA) is 75.3 Å². The fourth-order valence-electron chi connectivity index (χ4n) is 4.05. The summed E-state index contributed by atoms with van der Waals surface area (Å²) in [6, 6.07) is 11.6. The molecular weight excluding hydrogens is 378 g/mol. The monoisotopic (exact) mass is 405 g/mol. The van der Waals surface area contributed by atoms with Crippen LogP contribution >= 0.6 is 0 Å². The Labute approximate surface area is 177 Å². The van der Waals surface area contributed by atoms with Gasteiger partial charge in [0.25, 0.3) is 5.91 Å². The molecule has 0 saturated heterocycles. The number of carbonyl (C=O) groups is 2. The molecule has 0 unspecified atom stereocenters. The molecule has 2 aromatic rings. The van der Waals surface area contributed by atoms with E-state index in [1.54, 1.807) is 4.90 Å². The van der Waals surface area contributed by atoms with E-state index in [0.29, 0.717) is 0 Å². The highest BCUT2D eigenvalue weighted by molar-refractivity contribution is 6.01. The van der Waals surface area contributed by atoms with Crippen LogP contribution in [0.3, 0.4) is 0 Å². The molecule has 1 amide bonds. The maximum Gasteiger partial charge on any atom is 0.349 e. The Hall–Kier alpha value is -3.33. The molecule has 1 aromatic heterocycles. The number of benzene rings is 1. The highest BCUT2D eigenvalue weighted by Crippen LogP contribution is 2.31. The van der Waals surface area contributed by atoms with Crippen molar-refractivity contribution in [2.75, 3.05) is 11.5 Å². The van der Waals surface area contributed by atoms with Gasteiger partial charge in [-0.25, -0.2) is 4.79 Å². The normalized spacial score (nSPS) is 15.6. The quantitative estimate of drug-likeness (QED) is 0.414. The van der Waals surface area contributed by atoms with Crippen LogP contribution in [0.2, 0.25) is 0 Å². The van der Waals surface area contributed by atoms with Gasteiger partial charge in [-0.2, -0.15) is 5.26 Å². The van der Waals surface area contributed by atoms with E-state index in [0.717, 1.165) is 47.6 Å². The van der Waals surface area contributed by atoms with E-state index < -0.39 is 12.6 Å². The third-order valence-corrected chi connectivity index (χ3v) is 5.50. The molecule has 0 radical (unpaired) electrons. The fraction of sp³-hybridized carbons (Fsp3) is 0.375. The van der Waals surface area contributed by atoms with Crippen molar-refractivity contribution in [2.24, 2.45) is 0 Å². The zero-order chi connectivity index (χ0) is 21.8. The van der Waals surface area contributed by atoms with Gasteiger partial charge < -0.3 is 14.2 Å². The number of nitrogens with zero attached hydrogens (tertiary/aromatic N) is 3. The molecule has 0 N–H and O–H groups in total. The molecule has 0 fully saturated rings. The number of amides is 1. The number of anilines is 1. The van der Waals surface area contributed by atoms with Gasteiger partial charge in [0.1, 0.15) is 11.6 Å². The van der Waals surface area contributed by atoms with Gasteiger partial charge in [0, 0.05) is 29.7 Å². The summed E-state index contributed by atoms with van der Waals surface area (Å²) in [6.45, 7) is 8.51. The zero-order valence-corrected chi connectivity index (χ0v) is 17.9. The van der Waals surface area contributed by atoms with Crippen LogP contribution < -0.4 is 4.90 Å². The molecule has 6 nitrogen and oxygen atoms in total. The minimum Gasteiger partial charge on any atom is -0.451 e. The number of hydrogen-bond acceptors (Lipinski definition) is 4. The lowest BCUT2D eigenvalue weighted by Gasteiger charge is -2.22. The molecule has 30 heavy (non-hydrogen) atoms. The second kappa shape index (κ2) is 9.00. The SMILES string of the molecule is CCCn1c(C)cc(/C=C(\C#N)C(=O)OCC(=O)N2c3ccccc3C[C@H]2C)c1C. The molecule has 2 heterocycles. The standard InChI is InChI=1S/C24H27N3O3/c1-5-10-26-16(2)11-20(18(26)4)13-21(14-25)24(29)30-15-23(28)27-17(3)12-19-8-6-7-9-22(19)27/h6-9,11,13,17H,5,10,12,15H2,1-4H3/b21-13+/t17-/m1/s1. The zero-order valence-electron chi connectivity index (χ0n) is 17.9. The second-order valence-corrected chi connectivity index (χ2v) is 7.67. The van der Waals surface area contributed by atoms with E-state index in [9.17, 15) is 14.9 Å². The van der Waals surface area contributed by atoms with Gasteiger partial charge in [0.05, 0.1) is 0 Å². The predicted molar refractivity (Wildman–Crippen MR) is 116 cm³/mol. The Morgan fingerprint density at radius 3 is 2.73 bits per heavy atom. The molecule has 0 spiro atoms. The van der Waals surface area contributed by atoms with Crippen LogP contribution in [-0.4, -0.2) is 29.1 Å². The summed E-state index contributed by atoms with van der Waals surface area (Å²) in [6.07, 6.45) is 3.30. The van der Waals surface area contributed by atoms with Crippen molar-refractivity contribution in [3.05, 3.63) is 58.4 Å². The molecule has 1 aliphatic heterocycles. The average molecular weight is 405 g/mol. The highest BCUT2D eigenvalue weighted by atomic mass is 16.5. The largest absolute Gasteiger partial charge is 0.451 e. The molecule has 3 rings (SSSR count). The Bertz CT molecular complexity index is 1040. The van der Waals surface area contributed by atoms with Crippen LogP contribution in [0.4, 0.5) is 5.69 Å². The number of para-hydroxylation sites is 1. The van der Waals surface area contributed by atoms with Crippen molar-refractivity contribution < 1.29 is 14.3 Å². The Balaban J connectivity index is 1.71. The summed E-state index contributed by atoms with van der Waals surface area (Å²) < 4.78 is 7.36. The van der Waals surface area contributed by atoms with E-state index in [1.807, 2.05) is 57.2 Å². The first-order valence-corrected chi connectivity index (χ1v) is 10.2. The van der Waals surface area contributed by atoms with Gasteiger partial charge in [0.15, 0.2) is 6.61 Å². The van der Waals surface area contributed by atoms with E-state index in [2.05, 4.69) is 11.5 Å². The van der Waals surface area contributed by atoms with Crippen LogP contribution in [-0.2, 0) is 27.3 Å². The number of esters is 1. The Kier molecular flexibility index (Phi) is 6.41. The van der Waals surface area contributed by atoms with E-state index in [4.69, 9.17) is 4.74 Å². The lowest BCUT2D eigenvalue weighted by atomic mass is 10.1. The van der Waals surface area contributed by atoms with Crippen molar-refractivity contribution in [1.29, 1.82) is 5.26 Å². The van der Waals surface area contributed by atoms with Gasteiger partial charge in [-0.15, -0.1) is 0 Å². The van der Waals surface area contributed by atoms with E-state index in [1.165, 1.54) is 6.08 Å². The van der Waals surface area contributed by atoms with Crippen LogP contribution in [0.25, 0.3) is 6.08 Å². The van der Waals surface area contributed by atoms with Crippen molar-refractivity contribution in [3.63, 3.8) is 0 Å². The van der Waals surface area contributed by atoms with Crippen LogP contribution in [0, 0.1) is 25.2 Å². The highest BCUT2D eigenvalue weighted by Gasteiger charge is 2.31. The van der Waals surface area contributed by atoms with Crippen LogP contribution in [0.15, 0.2) is 35.9 Å². The summed E-state index contributed by atoms with van der Waals surface area (Å²) in [5, 5.41) is 9.46. The van der Waals surface area contributed by atoms with E-state index >= 15 is 0 Å². The first kappa shape index (κ1) is 21.4. The summed E-state index contributed by atoms with van der Waals surface area (Å²) in [7, 11) is 0. The molecule has 1 aromatic carbocycles. The number of carbonyl (C=O) groups excluding carboxylic acids is 2. The summed E-state index contributed by atoms with van der Waals surface area (Å²) in [5.74, 6) is -1.08. The Morgan fingerprint density at radius 1 is 1.30 bits per heavy atom. The molecule has 0 aliphatic carbocycles. The molecule has 6 heteroatoms. The minimum absolute atomic E-state index is 0.00327. The first-order valence-electron chi connectivity index (χ1n) is 10.2. The van der Waals surface area contributed by atoms with Crippen LogP contribution in [0.5, 0.6) is 0 Å². The fourth-order valence-corrected chi connectivity index (χ4v) is 4.05. The summed E-state index contributed by atoms with van der Waals surface area (Å²) in [4.78, 5) is 26.8. The third-order valence-electron chi connectivity index (χ3n) is 5.50. The smallest absolute Gasteiger partial charge is 0.349 e. The van der Waals surface area contributed by atoms with Gasteiger partial charge in [0.2, 0.25) is 0 Å². The van der Waals surface area contributed by atoms with Crippen molar-refractivity contribution in [2.45, 2.75) is 53.1 Å². The second-order valence-electron chi connectivity index (χ2n) is 7.67. The predicted octanol–water partition coefficient (Wildman–Crippen LogP) is 3.94. The van der Waals surface area contributed by atoms with Crippen LogP contribution in [0.1, 0.15) is 42.8 Å². The summed E-state index contributed by atoms with van der Waals surface area (Å²) >= 11 is 0. The number of fused-ring (bicyclic) bond motifs is 1. The number of nitriles is 1. The van der Waals surface area contributed by atoms with Crippen molar-refractivity contribution in [1.82, 2.24) is 4.57 Å². The molecular formula is C24H27N3O3. The minimum atomic E-state index is -0.786. The van der Waals surface area contributed by atoms with E-state index in [-0.39, 0.29) is 17.5 Å². The first-order chi connectivity index (χ1) is 14.4. The molecule has 0 saturated carbocycles. The van der Waals surface area contributed by atoms with Gasteiger partial charge in [-0.1, -0.05) is 25.1 Å². The lowest BCUT2D eigenvalue weighted by molar-refractivity contribution is -0.143. The van der Waals surface area contributed by atoms with Gasteiger partial charge >= 0.3 is 5.97 Å². The van der Waals surface area contributed by atoms with Crippen molar-refractivity contribution in [3.8, 4) is 6.07 Å².